The van der Waals surface area contributed by atoms with Gasteiger partial charge in [-0.1, -0.05) is 67.6 Å². The van der Waals surface area contributed by atoms with E-state index < -0.39 is 0 Å². The number of allylic oxidation sites excluding steroid dienone is 5. The second-order valence-corrected chi connectivity index (χ2v) is 5.63. The van der Waals surface area contributed by atoms with Crippen molar-refractivity contribution >= 4 is 11.6 Å². The molecule has 0 radical (unpaired) electrons. The molecule has 0 saturated carbocycles. The van der Waals surface area contributed by atoms with Crippen molar-refractivity contribution in [2.24, 2.45) is 0 Å². The molecule has 1 N–H and O–H groups in total. The first-order chi connectivity index (χ1) is 11.3. The summed E-state index contributed by atoms with van der Waals surface area (Å²) in [4.78, 5) is 4.28. The second-order valence-electron chi connectivity index (χ2n) is 5.63. The minimum absolute atomic E-state index is 0.450. The summed E-state index contributed by atoms with van der Waals surface area (Å²) >= 11 is 0. The van der Waals surface area contributed by atoms with Crippen molar-refractivity contribution in [1.82, 2.24) is 0 Å². The van der Waals surface area contributed by atoms with Gasteiger partial charge < -0.3 is 4.89 Å². The van der Waals surface area contributed by atoms with Gasteiger partial charge >= 0.3 is 0 Å². The average molecular weight is 304 g/mol. The van der Waals surface area contributed by atoms with Crippen LogP contribution in [0.4, 0.5) is 0 Å². The van der Waals surface area contributed by atoms with Gasteiger partial charge in [0.25, 0.3) is 0 Å². The SMILES string of the molecule is CCc1ccc(C2=CC/C(=C\c3cccc(OO)c3)C=C2)cc1. The molecule has 116 valence electrons. The van der Waals surface area contributed by atoms with Crippen molar-refractivity contribution in [3.8, 4) is 5.75 Å². The molecule has 0 spiro atoms. The maximum Gasteiger partial charge on any atom is 0.165 e. The molecule has 1 aliphatic rings. The van der Waals surface area contributed by atoms with Crippen LogP contribution in [-0.4, -0.2) is 5.26 Å². The van der Waals surface area contributed by atoms with Gasteiger partial charge in [0.05, 0.1) is 0 Å². The van der Waals surface area contributed by atoms with Crippen molar-refractivity contribution in [1.29, 1.82) is 0 Å². The minimum atomic E-state index is 0.450. The van der Waals surface area contributed by atoms with Crippen LogP contribution in [0.3, 0.4) is 0 Å². The van der Waals surface area contributed by atoms with Gasteiger partial charge in [-0.2, -0.15) is 0 Å². The fourth-order valence-corrected chi connectivity index (χ4v) is 2.69. The summed E-state index contributed by atoms with van der Waals surface area (Å²) in [5.74, 6) is 0.450. The Labute approximate surface area is 137 Å². The van der Waals surface area contributed by atoms with Gasteiger partial charge in [0.15, 0.2) is 5.75 Å². The topological polar surface area (TPSA) is 29.5 Å². The Morgan fingerprint density at radius 1 is 1.09 bits per heavy atom. The first-order valence-corrected chi connectivity index (χ1v) is 7.88. The second kappa shape index (κ2) is 7.12. The van der Waals surface area contributed by atoms with Crippen LogP contribution >= 0.6 is 0 Å². The van der Waals surface area contributed by atoms with E-state index in [0.29, 0.717) is 5.75 Å². The lowest BCUT2D eigenvalue weighted by Gasteiger charge is -2.10. The van der Waals surface area contributed by atoms with Crippen molar-refractivity contribution in [2.45, 2.75) is 19.8 Å². The summed E-state index contributed by atoms with van der Waals surface area (Å²) < 4.78 is 0. The first-order valence-electron chi connectivity index (χ1n) is 7.88. The standard InChI is InChI=1S/C21H20O2/c1-2-16-6-10-19(11-7-16)20-12-8-17(9-13-20)14-18-4-3-5-21(15-18)23-22/h3-8,10-15,22H,2,9H2,1H3/b17-14-. The van der Waals surface area contributed by atoms with Gasteiger partial charge in [-0.15, -0.1) is 0 Å². The van der Waals surface area contributed by atoms with Gasteiger partial charge in [0.1, 0.15) is 0 Å². The van der Waals surface area contributed by atoms with Crippen molar-refractivity contribution in [2.75, 3.05) is 0 Å². The Bertz CT molecular complexity index is 765. The molecule has 2 aromatic carbocycles. The Balaban J connectivity index is 1.74. The van der Waals surface area contributed by atoms with Crippen LogP contribution in [0.25, 0.3) is 11.6 Å². The maximum atomic E-state index is 8.72. The van der Waals surface area contributed by atoms with Crippen LogP contribution in [0.5, 0.6) is 5.75 Å². The van der Waals surface area contributed by atoms with E-state index in [9.17, 15) is 0 Å². The summed E-state index contributed by atoms with van der Waals surface area (Å²) in [5, 5.41) is 8.72. The average Bonchev–Trinajstić information content (AvgIpc) is 2.63. The van der Waals surface area contributed by atoms with Crippen molar-refractivity contribution < 1.29 is 10.1 Å². The lowest BCUT2D eigenvalue weighted by molar-refractivity contribution is -0.137. The molecule has 0 heterocycles. The molecule has 0 amide bonds. The molecule has 2 nitrogen and oxygen atoms in total. The third-order valence-electron chi connectivity index (χ3n) is 4.05. The normalized spacial score (nSPS) is 15.6. The van der Waals surface area contributed by atoms with E-state index in [4.69, 9.17) is 5.26 Å². The number of rotatable bonds is 4. The predicted molar refractivity (Wildman–Crippen MR) is 95.2 cm³/mol. The monoisotopic (exact) mass is 304 g/mol. The zero-order valence-corrected chi connectivity index (χ0v) is 13.2. The fraction of sp³-hybridized carbons (Fsp3) is 0.143. The molecule has 2 heteroatoms. The molecule has 1 aliphatic carbocycles. The van der Waals surface area contributed by atoms with Crippen molar-refractivity contribution in [3.05, 3.63) is 89.0 Å². The van der Waals surface area contributed by atoms with Crippen molar-refractivity contribution in [3.63, 3.8) is 0 Å². The predicted octanol–water partition coefficient (Wildman–Crippen LogP) is 5.53. The highest BCUT2D eigenvalue weighted by Crippen LogP contribution is 2.26. The van der Waals surface area contributed by atoms with E-state index in [1.807, 2.05) is 18.2 Å². The highest BCUT2D eigenvalue weighted by molar-refractivity contribution is 5.77. The zero-order chi connectivity index (χ0) is 16.1. The van der Waals surface area contributed by atoms with Gasteiger partial charge in [-0.05, 0) is 52.8 Å². The van der Waals surface area contributed by atoms with E-state index in [1.54, 1.807) is 6.07 Å². The van der Waals surface area contributed by atoms with Crippen LogP contribution in [-0.2, 0) is 6.42 Å². The summed E-state index contributed by atoms with van der Waals surface area (Å²) in [6.07, 6.45) is 10.6. The van der Waals surface area contributed by atoms with E-state index >= 15 is 0 Å². The Morgan fingerprint density at radius 3 is 2.57 bits per heavy atom. The third kappa shape index (κ3) is 3.79. The van der Waals surface area contributed by atoms with Gasteiger partial charge in [0, 0.05) is 0 Å². The molecule has 0 saturated heterocycles. The molecule has 0 atom stereocenters. The molecule has 0 aromatic heterocycles. The smallest absolute Gasteiger partial charge is 0.165 e. The molecular formula is C21H20O2. The van der Waals surface area contributed by atoms with E-state index in [2.05, 4.69) is 60.4 Å². The maximum absolute atomic E-state index is 8.72. The number of hydrogen-bond acceptors (Lipinski definition) is 2. The van der Waals surface area contributed by atoms with E-state index in [-0.39, 0.29) is 0 Å². The molecule has 23 heavy (non-hydrogen) atoms. The highest BCUT2D eigenvalue weighted by atomic mass is 17.1. The van der Waals surface area contributed by atoms with Crippen LogP contribution < -0.4 is 4.89 Å². The van der Waals surface area contributed by atoms with Gasteiger partial charge in [0.2, 0.25) is 0 Å². The van der Waals surface area contributed by atoms with Gasteiger partial charge in [-0.25, -0.2) is 5.26 Å². The van der Waals surface area contributed by atoms with Crippen LogP contribution in [0.15, 0.2) is 72.3 Å². The molecule has 0 unspecified atom stereocenters. The van der Waals surface area contributed by atoms with Gasteiger partial charge in [-0.3, -0.25) is 0 Å². The highest BCUT2D eigenvalue weighted by Gasteiger charge is 2.04. The quantitative estimate of drug-likeness (QED) is 0.594. The number of hydrogen-bond donors (Lipinski definition) is 1. The van der Waals surface area contributed by atoms with E-state index in [0.717, 1.165) is 18.4 Å². The Kier molecular flexibility index (Phi) is 4.74. The number of aryl methyl sites for hydroxylation is 1. The lowest BCUT2D eigenvalue weighted by atomic mass is 9.95. The van der Waals surface area contributed by atoms with Crippen LogP contribution in [0.2, 0.25) is 0 Å². The summed E-state index contributed by atoms with van der Waals surface area (Å²) in [5.41, 5.74) is 6.13. The summed E-state index contributed by atoms with van der Waals surface area (Å²) in [6, 6.07) is 16.1. The van der Waals surface area contributed by atoms with Crippen LogP contribution in [0, 0.1) is 0 Å². The number of benzene rings is 2. The zero-order valence-electron chi connectivity index (χ0n) is 13.2. The summed E-state index contributed by atoms with van der Waals surface area (Å²) in [7, 11) is 0. The molecule has 2 aromatic rings. The lowest BCUT2D eigenvalue weighted by Crippen LogP contribution is -1.90. The fourth-order valence-electron chi connectivity index (χ4n) is 2.69. The molecule has 0 bridgehead atoms. The molecule has 3 rings (SSSR count). The molecular weight excluding hydrogens is 284 g/mol. The largest absolute Gasteiger partial charge is 0.340 e. The Hall–Kier alpha value is -2.58. The first kappa shape index (κ1) is 15.3. The summed E-state index contributed by atoms with van der Waals surface area (Å²) in [6.45, 7) is 2.17. The van der Waals surface area contributed by atoms with E-state index in [1.165, 1.54) is 22.3 Å². The third-order valence-corrected chi connectivity index (χ3v) is 4.05. The molecule has 0 aliphatic heterocycles. The van der Waals surface area contributed by atoms with Crippen LogP contribution in [0.1, 0.15) is 30.0 Å². The minimum Gasteiger partial charge on any atom is -0.340 e. The molecule has 0 fully saturated rings. The Morgan fingerprint density at radius 2 is 1.91 bits per heavy atom.